The Hall–Kier alpha value is -3.21. The summed E-state index contributed by atoms with van der Waals surface area (Å²) in [5.41, 5.74) is 2.60. The van der Waals surface area contributed by atoms with Gasteiger partial charge in [-0.05, 0) is 74.4 Å². The number of hydrogen-bond donors (Lipinski definition) is 0. The molecule has 1 unspecified atom stereocenters. The van der Waals surface area contributed by atoms with Gasteiger partial charge in [0.1, 0.15) is 29.1 Å². The van der Waals surface area contributed by atoms with E-state index in [4.69, 9.17) is 18.6 Å². The van der Waals surface area contributed by atoms with Crippen LogP contribution < -0.4 is 9.47 Å². The highest BCUT2D eigenvalue weighted by Gasteiger charge is 2.30. The van der Waals surface area contributed by atoms with Crippen LogP contribution in [0.4, 0.5) is 0 Å². The van der Waals surface area contributed by atoms with E-state index < -0.39 is 0 Å². The quantitative estimate of drug-likeness (QED) is 0.385. The molecule has 1 aliphatic carbocycles. The Morgan fingerprint density at radius 3 is 2.22 bits per heavy atom. The third kappa shape index (κ3) is 4.82. The number of methoxy groups -OCH3 is 2. The van der Waals surface area contributed by atoms with E-state index in [0.717, 1.165) is 47.0 Å². The lowest BCUT2D eigenvalue weighted by molar-refractivity contribution is 0.0600. The summed E-state index contributed by atoms with van der Waals surface area (Å²) in [4.78, 5) is 11.8. The predicted molar refractivity (Wildman–Crippen MR) is 123 cm³/mol. The zero-order valence-electron chi connectivity index (χ0n) is 18.9. The topological polar surface area (TPSA) is 57.9 Å². The van der Waals surface area contributed by atoms with Gasteiger partial charge in [0, 0.05) is 17.0 Å². The summed E-state index contributed by atoms with van der Waals surface area (Å²) < 4.78 is 22.8. The molecule has 5 heteroatoms. The van der Waals surface area contributed by atoms with Crippen molar-refractivity contribution in [3.8, 4) is 22.8 Å². The van der Waals surface area contributed by atoms with Crippen molar-refractivity contribution in [1.82, 2.24) is 0 Å². The average molecular weight is 435 g/mol. The smallest absolute Gasteiger partial charge is 0.337 e. The third-order valence-electron chi connectivity index (χ3n) is 6.25. The van der Waals surface area contributed by atoms with E-state index in [0.29, 0.717) is 11.5 Å². The Balaban J connectivity index is 1.63. The number of esters is 1. The second-order valence-electron chi connectivity index (χ2n) is 8.30. The van der Waals surface area contributed by atoms with Crippen molar-refractivity contribution in [2.75, 3.05) is 14.2 Å². The molecule has 1 aliphatic rings. The summed E-state index contributed by atoms with van der Waals surface area (Å²) in [5, 5.41) is 0. The number of carbonyl (C=O) groups excluding carboxylic acids is 1. The van der Waals surface area contributed by atoms with Crippen LogP contribution in [0.5, 0.6) is 11.5 Å². The first-order chi connectivity index (χ1) is 15.6. The molecule has 1 atom stereocenters. The van der Waals surface area contributed by atoms with Gasteiger partial charge in [0.25, 0.3) is 0 Å². The molecule has 0 N–H and O–H groups in total. The fourth-order valence-electron chi connectivity index (χ4n) is 4.46. The lowest BCUT2D eigenvalue weighted by Crippen LogP contribution is -2.21. The Labute approximate surface area is 189 Å². The fourth-order valence-corrected chi connectivity index (χ4v) is 4.46. The minimum absolute atomic E-state index is 0.102. The molecular formula is C27H30O5. The maximum atomic E-state index is 11.8. The molecule has 168 valence electrons. The Morgan fingerprint density at radius 1 is 0.938 bits per heavy atom. The molecule has 4 rings (SSSR count). The van der Waals surface area contributed by atoms with Crippen molar-refractivity contribution < 1.29 is 23.4 Å². The van der Waals surface area contributed by atoms with Crippen LogP contribution in [0.15, 0.2) is 59.0 Å². The average Bonchev–Trinajstić information content (AvgIpc) is 3.24. The largest absolute Gasteiger partial charge is 0.497 e. The fraction of sp³-hybridized carbons (Fsp3) is 0.370. The molecule has 0 bridgehead atoms. The molecule has 3 aromatic rings. The zero-order chi connectivity index (χ0) is 22.5. The van der Waals surface area contributed by atoms with Gasteiger partial charge in [-0.15, -0.1) is 0 Å². The van der Waals surface area contributed by atoms with Gasteiger partial charge in [0.2, 0.25) is 0 Å². The van der Waals surface area contributed by atoms with E-state index in [2.05, 4.69) is 6.07 Å². The molecule has 1 heterocycles. The minimum Gasteiger partial charge on any atom is -0.497 e. The van der Waals surface area contributed by atoms with Crippen LogP contribution in [0.25, 0.3) is 11.3 Å². The number of rotatable bonds is 7. The maximum Gasteiger partial charge on any atom is 0.337 e. The van der Waals surface area contributed by atoms with Gasteiger partial charge in [0.05, 0.1) is 19.8 Å². The van der Waals surface area contributed by atoms with Crippen LogP contribution in [-0.2, 0) is 4.74 Å². The van der Waals surface area contributed by atoms with Crippen molar-refractivity contribution in [2.45, 2.75) is 45.1 Å². The summed E-state index contributed by atoms with van der Waals surface area (Å²) in [6.07, 6.45) is 5.87. The van der Waals surface area contributed by atoms with E-state index in [9.17, 15) is 4.79 Å². The second-order valence-corrected chi connectivity index (χ2v) is 8.30. The van der Waals surface area contributed by atoms with E-state index in [-0.39, 0.29) is 12.1 Å². The molecule has 0 spiro atoms. The minimum atomic E-state index is -0.352. The molecule has 1 saturated carbocycles. The highest BCUT2D eigenvalue weighted by atomic mass is 16.5. The molecule has 1 fully saturated rings. The van der Waals surface area contributed by atoms with Gasteiger partial charge < -0.3 is 18.6 Å². The van der Waals surface area contributed by atoms with Crippen LogP contribution in [-0.4, -0.2) is 20.2 Å². The first kappa shape index (κ1) is 22.0. The van der Waals surface area contributed by atoms with Gasteiger partial charge in [-0.3, -0.25) is 0 Å². The van der Waals surface area contributed by atoms with Crippen molar-refractivity contribution in [1.29, 1.82) is 0 Å². The molecule has 0 saturated heterocycles. The number of hydrogen-bond acceptors (Lipinski definition) is 5. The van der Waals surface area contributed by atoms with Gasteiger partial charge in [0.15, 0.2) is 0 Å². The maximum absolute atomic E-state index is 11.8. The molecule has 1 aromatic heterocycles. The molecular weight excluding hydrogens is 404 g/mol. The number of benzene rings is 2. The van der Waals surface area contributed by atoms with Crippen molar-refractivity contribution in [3.63, 3.8) is 0 Å². The Bertz CT molecular complexity index is 1030. The normalized spacial score (nSPS) is 15.2. The standard InChI is InChI=1S/C27H30O5/c1-18-24(17-25(31-18)19-9-13-22(29-2)14-10-19)26(20-7-5-4-6-8-20)32-23-15-11-21(12-16-23)27(28)30-3/h9-17,20,26H,4-8H2,1-3H3. The summed E-state index contributed by atoms with van der Waals surface area (Å²) in [6.45, 7) is 2.00. The molecule has 5 nitrogen and oxygen atoms in total. The number of carbonyl (C=O) groups is 1. The van der Waals surface area contributed by atoms with Gasteiger partial charge in [-0.1, -0.05) is 19.3 Å². The lowest BCUT2D eigenvalue weighted by atomic mass is 9.82. The van der Waals surface area contributed by atoms with Crippen LogP contribution >= 0.6 is 0 Å². The number of furan rings is 1. The first-order valence-corrected chi connectivity index (χ1v) is 11.2. The Morgan fingerprint density at radius 2 is 1.59 bits per heavy atom. The monoisotopic (exact) mass is 434 g/mol. The third-order valence-corrected chi connectivity index (χ3v) is 6.25. The molecule has 0 aliphatic heterocycles. The molecule has 2 aromatic carbocycles. The van der Waals surface area contributed by atoms with Gasteiger partial charge >= 0.3 is 5.97 Å². The van der Waals surface area contributed by atoms with E-state index >= 15 is 0 Å². The van der Waals surface area contributed by atoms with Crippen molar-refractivity contribution >= 4 is 5.97 Å². The van der Waals surface area contributed by atoms with Gasteiger partial charge in [-0.2, -0.15) is 0 Å². The first-order valence-electron chi connectivity index (χ1n) is 11.2. The zero-order valence-corrected chi connectivity index (χ0v) is 18.9. The number of aryl methyl sites for hydroxylation is 1. The summed E-state index contributed by atoms with van der Waals surface area (Å²) in [5.74, 6) is 3.32. The van der Waals surface area contributed by atoms with E-state index in [1.807, 2.05) is 43.3 Å². The number of ether oxygens (including phenoxy) is 3. The van der Waals surface area contributed by atoms with Crippen LogP contribution in [0.3, 0.4) is 0 Å². The second kappa shape index (κ2) is 9.94. The van der Waals surface area contributed by atoms with Crippen molar-refractivity contribution in [2.24, 2.45) is 5.92 Å². The van der Waals surface area contributed by atoms with Gasteiger partial charge in [-0.25, -0.2) is 4.79 Å². The van der Waals surface area contributed by atoms with Crippen LogP contribution in [0.2, 0.25) is 0 Å². The SMILES string of the molecule is COC(=O)c1ccc(OC(c2cc(-c3ccc(OC)cc3)oc2C)C2CCCCC2)cc1. The molecule has 0 amide bonds. The summed E-state index contributed by atoms with van der Waals surface area (Å²) in [6, 6.07) is 17.1. The molecule has 0 radical (unpaired) electrons. The summed E-state index contributed by atoms with van der Waals surface area (Å²) >= 11 is 0. The van der Waals surface area contributed by atoms with Crippen molar-refractivity contribution in [3.05, 3.63) is 71.5 Å². The van der Waals surface area contributed by atoms with Crippen LogP contribution in [0.1, 0.15) is 59.9 Å². The van der Waals surface area contributed by atoms with Crippen LogP contribution in [0, 0.1) is 12.8 Å². The van der Waals surface area contributed by atoms with E-state index in [1.165, 1.54) is 26.4 Å². The molecule has 32 heavy (non-hydrogen) atoms. The van der Waals surface area contributed by atoms with E-state index in [1.54, 1.807) is 19.2 Å². The lowest BCUT2D eigenvalue weighted by Gasteiger charge is -2.30. The highest BCUT2D eigenvalue weighted by Crippen LogP contribution is 2.41. The highest BCUT2D eigenvalue weighted by molar-refractivity contribution is 5.89. The predicted octanol–water partition coefficient (Wildman–Crippen LogP) is 6.75. The Kier molecular flexibility index (Phi) is 6.84. The summed E-state index contributed by atoms with van der Waals surface area (Å²) in [7, 11) is 3.04.